The number of thiazole rings is 1. The van der Waals surface area contributed by atoms with Crippen LogP contribution in [0.25, 0.3) is 22.2 Å². The van der Waals surface area contributed by atoms with Gasteiger partial charge in [0.1, 0.15) is 5.58 Å². The number of benzene rings is 2. The van der Waals surface area contributed by atoms with Crippen LogP contribution >= 0.6 is 11.3 Å². The van der Waals surface area contributed by atoms with Gasteiger partial charge in [-0.1, -0.05) is 18.2 Å². The van der Waals surface area contributed by atoms with E-state index in [0.717, 1.165) is 5.39 Å². The highest BCUT2D eigenvalue weighted by Gasteiger charge is 2.12. The van der Waals surface area contributed by atoms with E-state index in [0.29, 0.717) is 22.0 Å². The summed E-state index contributed by atoms with van der Waals surface area (Å²) >= 11 is 1.24. The van der Waals surface area contributed by atoms with Crippen LogP contribution in [0, 0.1) is 0 Å². The minimum atomic E-state index is -0.622. The number of anilines is 1. The maximum atomic E-state index is 12.2. The molecule has 0 fully saturated rings. The number of hydrazone groups is 1. The molecule has 4 rings (SSSR count). The number of para-hydroxylation sites is 1. The van der Waals surface area contributed by atoms with E-state index in [1.165, 1.54) is 29.7 Å². The van der Waals surface area contributed by atoms with Crippen LogP contribution in [0.1, 0.15) is 5.56 Å². The van der Waals surface area contributed by atoms with Crippen LogP contribution in [0.3, 0.4) is 0 Å². The topological polar surface area (TPSA) is 128 Å². The maximum absolute atomic E-state index is 12.2. The fraction of sp³-hybridized carbons (Fsp3) is 0. The summed E-state index contributed by atoms with van der Waals surface area (Å²) in [6.07, 6.45) is 1.26. The van der Waals surface area contributed by atoms with Crippen LogP contribution in [0.15, 0.2) is 62.2 Å². The third kappa shape index (κ3) is 3.26. The fourth-order valence-electron chi connectivity index (χ4n) is 2.54. The van der Waals surface area contributed by atoms with Crippen molar-refractivity contribution in [3.05, 3.63) is 63.8 Å². The molecule has 0 amide bonds. The standard InChI is InChI=1S/C19H13N3O5S/c23-14-6-5-11(16(24)17(14)25)8-20-22-19-21-13(9-28-19)12-7-10-3-1-2-4-15(10)27-18(12)26/h1-9,23-25H,(H,21,22)/b20-8+. The molecule has 2 aromatic carbocycles. The van der Waals surface area contributed by atoms with Gasteiger partial charge in [-0.3, -0.25) is 5.43 Å². The van der Waals surface area contributed by atoms with Crippen LogP contribution in [-0.4, -0.2) is 26.5 Å². The second kappa shape index (κ2) is 7.05. The van der Waals surface area contributed by atoms with Crippen molar-refractivity contribution in [2.75, 3.05) is 5.43 Å². The predicted octanol–water partition coefficient (Wildman–Crippen LogP) is 3.48. The summed E-state index contributed by atoms with van der Waals surface area (Å²) < 4.78 is 5.32. The fourth-order valence-corrected chi connectivity index (χ4v) is 3.19. The van der Waals surface area contributed by atoms with Gasteiger partial charge in [-0.25, -0.2) is 9.78 Å². The van der Waals surface area contributed by atoms with E-state index < -0.39 is 22.9 Å². The van der Waals surface area contributed by atoms with Crippen molar-refractivity contribution in [2.24, 2.45) is 5.10 Å². The Kier molecular flexibility index (Phi) is 4.42. The lowest BCUT2D eigenvalue weighted by atomic mass is 10.1. The molecule has 0 radical (unpaired) electrons. The number of aromatic nitrogens is 1. The Bertz CT molecular complexity index is 1260. The molecular formula is C19H13N3O5S. The molecule has 140 valence electrons. The summed E-state index contributed by atoms with van der Waals surface area (Å²) in [5.74, 6) is -1.54. The Balaban J connectivity index is 1.56. The SMILES string of the molecule is O=c1oc2ccccc2cc1-c1csc(N/N=C/c2ccc(O)c(O)c2O)n1. The molecular weight excluding hydrogens is 382 g/mol. The van der Waals surface area contributed by atoms with Gasteiger partial charge >= 0.3 is 5.63 Å². The van der Waals surface area contributed by atoms with Crippen LogP contribution in [0.2, 0.25) is 0 Å². The predicted molar refractivity (Wildman–Crippen MR) is 106 cm³/mol. The monoisotopic (exact) mass is 395 g/mol. The Morgan fingerprint density at radius 3 is 2.79 bits per heavy atom. The highest BCUT2D eigenvalue weighted by atomic mass is 32.1. The van der Waals surface area contributed by atoms with E-state index in [1.54, 1.807) is 23.6 Å². The number of hydrogen-bond donors (Lipinski definition) is 4. The van der Waals surface area contributed by atoms with Gasteiger partial charge in [-0.2, -0.15) is 5.10 Å². The zero-order valence-electron chi connectivity index (χ0n) is 14.2. The van der Waals surface area contributed by atoms with Gasteiger partial charge in [0.25, 0.3) is 0 Å². The minimum absolute atomic E-state index is 0.203. The Hall–Kier alpha value is -3.85. The Morgan fingerprint density at radius 1 is 1.11 bits per heavy atom. The molecule has 0 aliphatic rings. The quantitative estimate of drug-likeness (QED) is 0.180. The van der Waals surface area contributed by atoms with Crippen molar-refractivity contribution in [2.45, 2.75) is 0 Å². The van der Waals surface area contributed by atoms with E-state index in [2.05, 4.69) is 15.5 Å². The molecule has 28 heavy (non-hydrogen) atoms. The second-order valence-electron chi connectivity index (χ2n) is 5.76. The molecule has 0 aliphatic heterocycles. The van der Waals surface area contributed by atoms with Crippen molar-refractivity contribution in [3.8, 4) is 28.5 Å². The van der Waals surface area contributed by atoms with E-state index in [9.17, 15) is 20.1 Å². The molecule has 4 aromatic rings. The first-order valence-electron chi connectivity index (χ1n) is 8.04. The van der Waals surface area contributed by atoms with Crippen LogP contribution < -0.4 is 11.1 Å². The van der Waals surface area contributed by atoms with Crippen LogP contribution in [-0.2, 0) is 0 Å². The molecule has 4 N–H and O–H groups in total. The third-order valence-electron chi connectivity index (χ3n) is 3.95. The van der Waals surface area contributed by atoms with Crippen LogP contribution in [0.5, 0.6) is 17.2 Å². The average Bonchev–Trinajstić information content (AvgIpc) is 3.16. The summed E-state index contributed by atoms with van der Waals surface area (Å²) in [4.78, 5) is 16.5. The molecule has 9 heteroatoms. The van der Waals surface area contributed by atoms with Crippen molar-refractivity contribution in [1.82, 2.24) is 4.98 Å². The summed E-state index contributed by atoms with van der Waals surface area (Å²) in [7, 11) is 0. The average molecular weight is 395 g/mol. The van der Waals surface area contributed by atoms with Crippen molar-refractivity contribution in [3.63, 3.8) is 0 Å². The lowest BCUT2D eigenvalue weighted by molar-refractivity contribution is 0.367. The van der Waals surface area contributed by atoms with Gasteiger partial charge in [0.05, 0.1) is 17.5 Å². The van der Waals surface area contributed by atoms with E-state index >= 15 is 0 Å². The first kappa shape index (κ1) is 17.6. The van der Waals surface area contributed by atoms with Gasteiger partial charge < -0.3 is 19.7 Å². The molecule has 2 heterocycles. The van der Waals surface area contributed by atoms with Crippen LogP contribution in [0.4, 0.5) is 5.13 Å². The summed E-state index contributed by atoms with van der Waals surface area (Å²) in [5.41, 5.74) is 3.71. The first-order valence-corrected chi connectivity index (χ1v) is 8.92. The van der Waals surface area contributed by atoms with E-state index in [1.807, 2.05) is 12.1 Å². The van der Waals surface area contributed by atoms with Gasteiger partial charge in [0.2, 0.25) is 10.9 Å². The number of phenolic OH excluding ortho intramolecular Hbond substituents is 3. The zero-order valence-corrected chi connectivity index (χ0v) is 15.0. The minimum Gasteiger partial charge on any atom is -0.504 e. The van der Waals surface area contributed by atoms with Gasteiger partial charge in [-0.15, -0.1) is 11.3 Å². The maximum Gasteiger partial charge on any atom is 0.345 e. The molecule has 0 aliphatic carbocycles. The first-order chi connectivity index (χ1) is 13.5. The second-order valence-corrected chi connectivity index (χ2v) is 6.62. The highest BCUT2D eigenvalue weighted by molar-refractivity contribution is 7.14. The van der Waals surface area contributed by atoms with Gasteiger partial charge in [0.15, 0.2) is 11.5 Å². The lowest BCUT2D eigenvalue weighted by Gasteiger charge is -2.03. The molecule has 2 aromatic heterocycles. The smallest absolute Gasteiger partial charge is 0.345 e. The normalized spacial score (nSPS) is 11.3. The molecule has 0 saturated carbocycles. The number of fused-ring (bicyclic) bond motifs is 1. The Labute approximate surface area is 161 Å². The number of hydrogen-bond acceptors (Lipinski definition) is 9. The summed E-state index contributed by atoms with van der Waals surface area (Å²) in [5, 5.41) is 35.4. The molecule has 0 atom stereocenters. The molecule has 0 saturated heterocycles. The van der Waals surface area contributed by atoms with E-state index in [-0.39, 0.29) is 5.56 Å². The summed E-state index contributed by atoms with van der Waals surface area (Å²) in [6, 6.07) is 11.6. The van der Waals surface area contributed by atoms with Gasteiger partial charge in [0, 0.05) is 16.3 Å². The molecule has 0 spiro atoms. The van der Waals surface area contributed by atoms with Gasteiger partial charge in [-0.05, 0) is 24.3 Å². The number of phenols is 3. The summed E-state index contributed by atoms with van der Waals surface area (Å²) in [6.45, 7) is 0. The number of rotatable bonds is 4. The third-order valence-corrected chi connectivity index (χ3v) is 4.69. The zero-order chi connectivity index (χ0) is 19.7. The highest BCUT2D eigenvalue weighted by Crippen LogP contribution is 2.36. The van der Waals surface area contributed by atoms with E-state index in [4.69, 9.17) is 4.42 Å². The Morgan fingerprint density at radius 2 is 1.93 bits per heavy atom. The number of nitrogens with zero attached hydrogens (tertiary/aromatic N) is 2. The van der Waals surface area contributed by atoms with Crippen molar-refractivity contribution >= 4 is 33.7 Å². The largest absolute Gasteiger partial charge is 0.504 e. The number of nitrogens with one attached hydrogen (secondary N) is 1. The van der Waals surface area contributed by atoms with Crippen molar-refractivity contribution in [1.29, 1.82) is 0 Å². The lowest BCUT2D eigenvalue weighted by Crippen LogP contribution is -2.02. The molecule has 0 bridgehead atoms. The molecule has 8 nitrogen and oxygen atoms in total. The van der Waals surface area contributed by atoms with Crippen molar-refractivity contribution < 1.29 is 19.7 Å². The number of aromatic hydroxyl groups is 3. The molecule has 0 unspecified atom stereocenters.